The lowest BCUT2D eigenvalue weighted by Crippen LogP contribution is -2.63. The predicted octanol–water partition coefficient (Wildman–Crippen LogP) is 0.863. The minimum atomic E-state index is -3.07. The van der Waals surface area contributed by atoms with E-state index >= 15 is 0 Å². The zero-order valence-corrected chi connectivity index (χ0v) is 12.8. The van der Waals surface area contributed by atoms with E-state index in [0.717, 1.165) is 13.0 Å². The zero-order chi connectivity index (χ0) is 13.9. The summed E-state index contributed by atoms with van der Waals surface area (Å²) in [6, 6.07) is 0.493. The first-order chi connectivity index (χ1) is 8.98. The quantitative estimate of drug-likeness (QED) is 0.683. The summed E-state index contributed by atoms with van der Waals surface area (Å²) in [5, 5.41) is 3.51. The van der Waals surface area contributed by atoms with E-state index in [-0.39, 0.29) is 0 Å². The van der Waals surface area contributed by atoms with Crippen molar-refractivity contribution >= 4 is 10.0 Å². The van der Waals surface area contributed by atoms with E-state index in [4.69, 9.17) is 4.74 Å². The van der Waals surface area contributed by atoms with Crippen LogP contribution in [0.4, 0.5) is 0 Å². The molecular formula is C13H26N2O3S. The molecule has 0 radical (unpaired) electrons. The number of ether oxygens (including phenoxy) is 1. The molecule has 0 aromatic carbocycles. The molecular weight excluding hydrogens is 264 g/mol. The van der Waals surface area contributed by atoms with Crippen molar-refractivity contribution in [3.63, 3.8) is 0 Å². The van der Waals surface area contributed by atoms with Gasteiger partial charge in [-0.3, -0.25) is 0 Å². The van der Waals surface area contributed by atoms with Gasteiger partial charge < -0.3 is 10.1 Å². The number of sulfonamides is 1. The van der Waals surface area contributed by atoms with Gasteiger partial charge in [0.15, 0.2) is 0 Å². The van der Waals surface area contributed by atoms with Crippen molar-refractivity contribution in [3.05, 3.63) is 0 Å². The predicted molar refractivity (Wildman–Crippen MR) is 75.6 cm³/mol. The molecule has 0 heterocycles. The lowest BCUT2D eigenvalue weighted by Gasteiger charge is -2.54. The summed E-state index contributed by atoms with van der Waals surface area (Å²) in [5.74, 6) is 0. The summed E-state index contributed by atoms with van der Waals surface area (Å²) in [6.07, 6.45) is 7.74. The standard InChI is InChI=1S/C13H26N2O3S/c1-3-18-12-10-11(13(12)6-4-5-7-13)14-8-9-15-19(2,16)17/h11-12,14-15H,3-10H2,1-2H3. The normalized spacial score (nSPS) is 29.6. The Morgan fingerprint density at radius 1 is 1.26 bits per heavy atom. The Hall–Kier alpha value is -0.170. The van der Waals surface area contributed by atoms with Crippen molar-refractivity contribution in [1.82, 2.24) is 10.0 Å². The highest BCUT2D eigenvalue weighted by atomic mass is 32.2. The van der Waals surface area contributed by atoms with Crippen LogP contribution in [0.15, 0.2) is 0 Å². The first-order valence-corrected chi connectivity index (χ1v) is 9.17. The van der Waals surface area contributed by atoms with Crippen molar-refractivity contribution in [1.29, 1.82) is 0 Å². The van der Waals surface area contributed by atoms with Crippen LogP contribution >= 0.6 is 0 Å². The van der Waals surface area contributed by atoms with Crippen molar-refractivity contribution in [2.24, 2.45) is 5.41 Å². The molecule has 0 saturated heterocycles. The van der Waals surface area contributed by atoms with Crippen molar-refractivity contribution in [2.45, 2.75) is 51.2 Å². The highest BCUT2D eigenvalue weighted by molar-refractivity contribution is 7.88. The smallest absolute Gasteiger partial charge is 0.208 e. The molecule has 1 spiro atoms. The van der Waals surface area contributed by atoms with Gasteiger partial charge in [-0.25, -0.2) is 13.1 Å². The summed E-state index contributed by atoms with van der Waals surface area (Å²) in [5.41, 5.74) is 0.321. The van der Waals surface area contributed by atoms with Gasteiger partial charge in [0, 0.05) is 31.2 Å². The van der Waals surface area contributed by atoms with Crippen LogP contribution in [-0.2, 0) is 14.8 Å². The monoisotopic (exact) mass is 290 g/mol. The van der Waals surface area contributed by atoms with Crippen LogP contribution in [0.1, 0.15) is 39.0 Å². The van der Waals surface area contributed by atoms with Crippen molar-refractivity contribution < 1.29 is 13.2 Å². The molecule has 112 valence electrons. The van der Waals surface area contributed by atoms with E-state index in [0.29, 0.717) is 30.7 Å². The largest absolute Gasteiger partial charge is 0.378 e. The van der Waals surface area contributed by atoms with Crippen LogP contribution in [0.3, 0.4) is 0 Å². The van der Waals surface area contributed by atoms with Gasteiger partial charge in [0.1, 0.15) is 0 Å². The maximum absolute atomic E-state index is 11.0. The third-order valence-electron chi connectivity index (χ3n) is 4.57. The molecule has 2 unspecified atom stereocenters. The van der Waals surface area contributed by atoms with Crippen LogP contribution < -0.4 is 10.0 Å². The third kappa shape index (κ3) is 3.48. The summed E-state index contributed by atoms with van der Waals surface area (Å²) in [7, 11) is -3.07. The highest BCUT2D eigenvalue weighted by Gasteiger charge is 2.56. The lowest BCUT2D eigenvalue weighted by molar-refractivity contribution is -0.130. The molecule has 2 rings (SSSR count). The lowest BCUT2D eigenvalue weighted by atomic mass is 9.60. The van der Waals surface area contributed by atoms with Gasteiger partial charge >= 0.3 is 0 Å². The van der Waals surface area contributed by atoms with Crippen LogP contribution in [0.2, 0.25) is 0 Å². The first kappa shape index (κ1) is 15.2. The fraction of sp³-hybridized carbons (Fsp3) is 1.00. The van der Waals surface area contributed by atoms with Gasteiger partial charge in [0.2, 0.25) is 10.0 Å². The minimum Gasteiger partial charge on any atom is -0.378 e. The Balaban J connectivity index is 1.78. The SMILES string of the molecule is CCOC1CC(NCCNS(C)(=O)=O)C12CCCC2. The van der Waals surface area contributed by atoms with Crippen molar-refractivity contribution in [3.8, 4) is 0 Å². The van der Waals surface area contributed by atoms with Gasteiger partial charge in [-0.15, -0.1) is 0 Å². The van der Waals surface area contributed by atoms with Crippen LogP contribution in [0.25, 0.3) is 0 Å². The average Bonchev–Trinajstić information content (AvgIpc) is 2.82. The minimum absolute atomic E-state index is 0.321. The Labute approximate surface area is 116 Å². The van der Waals surface area contributed by atoms with E-state index in [9.17, 15) is 8.42 Å². The van der Waals surface area contributed by atoms with Crippen LogP contribution in [-0.4, -0.2) is 46.5 Å². The molecule has 0 amide bonds. The summed E-state index contributed by atoms with van der Waals surface area (Å²) in [6.45, 7) is 4.00. The maximum atomic E-state index is 11.0. The molecule has 0 aliphatic heterocycles. The van der Waals surface area contributed by atoms with Gasteiger partial charge in [-0.05, 0) is 26.2 Å². The Kier molecular flexibility index (Phi) is 4.87. The highest BCUT2D eigenvalue weighted by Crippen LogP contribution is 2.54. The molecule has 0 aromatic heterocycles. The second-order valence-corrected chi connectivity index (χ2v) is 7.63. The number of hydrogen-bond donors (Lipinski definition) is 2. The van der Waals surface area contributed by atoms with Crippen molar-refractivity contribution in [2.75, 3.05) is 26.0 Å². The molecule has 2 fully saturated rings. The number of nitrogens with one attached hydrogen (secondary N) is 2. The summed E-state index contributed by atoms with van der Waals surface area (Å²) in [4.78, 5) is 0. The third-order valence-corrected chi connectivity index (χ3v) is 5.30. The fourth-order valence-corrected chi connectivity index (χ4v) is 4.13. The average molecular weight is 290 g/mol. The zero-order valence-electron chi connectivity index (χ0n) is 11.9. The maximum Gasteiger partial charge on any atom is 0.208 e. The fourth-order valence-electron chi connectivity index (χ4n) is 3.66. The first-order valence-electron chi connectivity index (χ1n) is 7.27. The van der Waals surface area contributed by atoms with Crippen LogP contribution in [0.5, 0.6) is 0 Å². The Bertz CT molecular complexity index is 391. The van der Waals surface area contributed by atoms with Crippen LogP contribution in [0, 0.1) is 5.41 Å². The van der Waals surface area contributed by atoms with Gasteiger partial charge in [-0.2, -0.15) is 0 Å². The molecule has 2 saturated carbocycles. The molecule has 2 aliphatic rings. The summed E-state index contributed by atoms with van der Waals surface area (Å²) < 4.78 is 30.3. The molecule has 19 heavy (non-hydrogen) atoms. The second kappa shape index (κ2) is 6.08. The molecule has 0 aromatic rings. The molecule has 5 nitrogen and oxygen atoms in total. The topological polar surface area (TPSA) is 67.4 Å². The van der Waals surface area contributed by atoms with E-state index in [2.05, 4.69) is 17.0 Å². The van der Waals surface area contributed by atoms with Gasteiger partial charge in [-0.1, -0.05) is 12.8 Å². The van der Waals surface area contributed by atoms with E-state index < -0.39 is 10.0 Å². The number of rotatable bonds is 7. The molecule has 2 aliphatic carbocycles. The van der Waals surface area contributed by atoms with E-state index in [1.165, 1.54) is 31.9 Å². The second-order valence-electron chi connectivity index (χ2n) is 5.79. The van der Waals surface area contributed by atoms with Gasteiger partial charge in [0.25, 0.3) is 0 Å². The van der Waals surface area contributed by atoms with E-state index in [1.54, 1.807) is 0 Å². The Morgan fingerprint density at radius 3 is 2.53 bits per heavy atom. The molecule has 2 N–H and O–H groups in total. The van der Waals surface area contributed by atoms with E-state index in [1.807, 2.05) is 0 Å². The molecule has 0 bridgehead atoms. The number of hydrogen-bond acceptors (Lipinski definition) is 4. The van der Waals surface area contributed by atoms with Gasteiger partial charge in [0.05, 0.1) is 12.4 Å². The molecule has 6 heteroatoms. The summed E-state index contributed by atoms with van der Waals surface area (Å²) >= 11 is 0. The molecule has 2 atom stereocenters. The Morgan fingerprint density at radius 2 is 1.95 bits per heavy atom.